The number of hydrogen-bond acceptors (Lipinski definition) is 3. The van der Waals surface area contributed by atoms with E-state index in [1.165, 1.54) is 5.56 Å². The van der Waals surface area contributed by atoms with Crippen molar-refractivity contribution in [2.75, 3.05) is 11.3 Å². The fraction of sp³-hybridized carbons (Fsp3) is 0.632. The highest BCUT2D eigenvalue weighted by Gasteiger charge is 2.34. The number of nitrogens with one attached hydrogen (secondary N) is 1. The van der Waals surface area contributed by atoms with Crippen molar-refractivity contribution in [2.45, 2.75) is 63.2 Å². The first kappa shape index (κ1) is 16.9. The molecule has 0 atom stereocenters. The number of amides is 1. The third kappa shape index (κ3) is 3.68. The molecular formula is C19H26N2O3S. The quantitative estimate of drug-likeness (QED) is 0.895. The molecule has 4 rings (SSSR count). The summed E-state index contributed by atoms with van der Waals surface area (Å²) < 4.78 is 28.0. The van der Waals surface area contributed by atoms with Crippen LogP contribution in [0.4, 0.5) is 5.69 Å². The molecule has 5 nitrogen and oxygen atoms in total. The van der Waals surface area contributed by atoms with E-state index in [1.807, 2.05) is 23.1 Å². The average molecular weight is 362 g/mol. The summed E-state index contributed by atoms with van der Waals surface area (Å²) in [5.41, 5.74) is 2.93. The van der Waals surface area contributed by atoms with E-state index in [4.69, 9.17) is 0 Å². The van der Waals surface area contributed by atoms with Crippen molar-refractivity contribution >= 4 is 21.6 Å². The number of carbonyl (C=O) groups excluding carboxylic acids is 1. The van der Waals surface area contributed by atoms with Crippen molar-refractivity contribution < 1.29 is 13.2 Å². The second-order valence-electron chi connectivity index (χ2n) is 7.67. The standard InChI is InChI=1S/C19H26N2O3S/c22-19(15-6-7-15)21-11-10-14-8-9-17(12-16(14)13-21)20-25(23,24)18-4-2-1-3-5-18/h8-9,12,15,18,20H,1-7,10-11,13H2. The van der Waals surface area contributed by atoms with Gasteiger partial charge in [-0.2, -0.15) is 0 Å². The van der Waals surface area contributed by atoms with Crippen molar-refractivity contribution in [2.24, 2.45) is 5.92 Å². The number of anilines is 1. The number of sulfonamides is 1. The minimum Gasteiger partial charge on any atom is -0.338 e. The molecule has 1 heterocycles. The molecule has 0 spiro atoms. The zero-order valence-corrected chi connectivity index (χ0v) is 15.4. The Morgan fingerprint density at radius 3 is 2.52 bits per heavy atom. The monoisotopic (exact) mass is 362 g/mol. The Labute approximate surface area is 149 Å². The highest BCUT2D eigenvalue weighted by Crippen LogP contribution is 2.33. The molecule has 0 saturated heterocycles. The van der Waals surface area contributed by atoms with Gasteiger partial charge in [0.15, 0.2) is 0 Å². The van der Waals surface area contributed by atoms with Crippen LogP contribution in [0.2, 0.25) is 0 Å². The first-order valence-corrected chi connectivity index (χ1v) is 11.0. The molecule has 1 aromatic rings. The van der Waals surface area contributed by atoms with Gasteiger partial charge in [0.05, 0.1) is 5.25 Å². The van der Waals surface area contributed by atoms with Crippen LogP contribution in [0.3, 0.4) is 0 Å². The second-order valence-corrected chi connectivity index (χ2v) is 9.64. The Kier molecular flexibility index (Phi) is 4.48. The largest absolute Gasteiger partial charge is 0.338 e. The molecule has 2 aliphatic carbocycles. The zero-order chi connectivity index (χ0) is 17.4. The van der Waals surface area contributed by atoms with Gasteiger partial charge in [0.25, 0.3) is 0 Å². The molecule has 2 fully saturated rings. The zero-order valence-electron chi connectivity index (χ0n) is 14.5. The topological polar surface area (TPSA) is 66.5 Å². The van der Waals surface area contributed by atoms with E-state index in [0.29, 0.717) is 12.2 Å². The van der Waals surface area contributed by atoms with E-state index < -0.39 is 10.0 Å². The van der Waals surface area contributed by atoms with Crippen LogP contribution in [-0.4, -0.2) is 31.0 Å². The van der Waals surface area contributed by atoms with Gasteiger partial charge < -0.3 is 4.90 Å². The van der Waals surface area contributed by atoms with Gasteiger partial charge in [0.2, 0.25) is 15.9 Å². The number of fused-ring (bicyclic) bond motifs is 1. The summed E-state index contributed by atoms with van der Waals surface area (Å²) in [6.07, 6.45) is 7.52. The fourth-order valence-electron chi connectivity index (χ4n) is 4.02. The third-order valence-electron chi connectivity index (χ3n) is 5.71. The Bertz CT molecular complexity index is 765. The van der Waals surface area contributed by atoms with Crippen LogP contribution in [-0.2, 0) is 27.8 Å². The SMILES string of the molecule is O=C(C1CC1)N1CCc2ccc(NS(=O)(=O)C3CCCCC3)cc2C1. The maximum Gasteiger partial charge on any atom is 0.235 e. The van der Waals surface area contributed by atoms with Gasteiger partial charge >= 0.3 is 0 Å². The van der Waals surface area contributed by atoms with E-state index in [0.717, 1.165) is 63.5 Å². The molecule has 0 bridgehead atoms. The van der Waals surface area contributed by atoms with Gasteiger partial charge in [-0.15, -0.1) is 0 Å². The molecule has 0 unspecified atom stereocenters. The normalized spacial score (nSPS) is 21.7. The summed E-state index contributed by atoms with van der Waals surface area (Å²) in [5.74, 6) is 0.494. The summed E-state index contributed by atoms with van der Waals surface area (Å²) in [6.45, 7) is 1.37. The number of rotatable bonds is 4. The lowest BCUT2D eigenvalue weighted by atomic mass is 9.99. The van der Waals surface area contributed by atoms with Gasteiger partial charge in [0, 0.05) is 24.7 Å². The fourth-order valence-corrected chi connectivity index (χ4v) is 5.60. The van der Waals surface area contributed by atoms with Gasteiger partial charge in [-0.3, -0.25) is 9.52 Å². The summed E-state index contributed by atoms with van der Waals surface area (Å²) in [7, 11) is -3.33. The van der Waals surface area contributed by atoms with Crippen molar-refractivity contribution in [3.8, 4) is 0 Å². The van der Waals surface area contributed by atoms with Gasteiger partial charge in [-0.25, -0.2) is 8.42 Å². The van der Waals surface area contributed by atoms with E-state index >= 15 is 0 Å². The molecule has 1 N–H and O–H groups in total. The van der Waals surface area contributed by atoms with Gasteiger partial charge in [-0.1, -0.05) is 25.3 Å². The van der Waals surface area contributed by atoms with Crippen molar-refractivity contribution in [3.63, 3.8) is 0 Å². The minimum absolute atomic E-state index is 0.231. The number of carbonyl (C=O) groups is 1. The maximum atomic E-state index is 12.6. The molecular weight excluding hydrogens is 336 g/mol. The predicted octanol–water partition coefficient (Wildman–Crippen LogP) is 3.06. The van der Waals surface area contributed by atoms with Crippen LogP contribution in [0.15, 0.2) is 18.2 Å². The lowest BCUT2D eigenvalue weighted by Gasteiger charge is -2.29. The van der Waals surface area contributed by atoms with E-state index in [2.05, 4.69) is 4.72 Å². The van der Waals surface area contributed by atoms with Crippen LogP contribution < -0.4 is 4.72 Å². The van der Waals surface area contributed by atoms with Crippen molar-refractivity contribution in [3.05, 3.63) is 29.3 Å². The van der Waals surface area contributed by atoms with E-state index in [-0.39, 0.29) is 17.1 Å². The molecule has 2 saturated carbocycles. The Balaban J connectivity index is 1.48. The Morgan fingerprint density at radius 2 is 1.80 bits per heavy atom. The summed E-state index contributed by atoms with van der Waals surface area (Å²) in [5, 5.41) is -0.273. The second kappa shape index (κ2) is 6.63. The van der Waals surface area contributed by atoms with Crippen molar-refractivity contribution in [1.82, 2.24) is 4.90 Å². The number of nitrogens with zero attached hydrogens (tertiary/aromatic N) is 1. The highest BCUT2D eigenvalue weighted by molar-refractivity contribution is 7.93. The molecule has 136 valence electrons. The summed E-state index contributed by atoms with van der Waals surface area (Å²) in [4.78, 5) is 14.2. The van der Waals surface area contributed by atoms with Gasteiger partial charge in [0.1, 0.15) is 0 Å². The average Bonchev–Trinajstić information content (AvgIpc) is 3.46. The number of benzene rings is 1. The smallest absolute Gasteiger partial charge is 0.235 e. The van der Waals surface area contributed by atoms with E-state index in [1.54, 1.807) is 0 Å². The molecule has 25 heavy (non-hydrogen) atoms. The Morgan fingerprint density at radius 1 is 1.04 bits per heavy atom. The summed E-state index contributed by atoms with van der Waals surface area (Å²) >= 11 is 0. The summed E-state index contributed by atoms with van der Waals surface area (Å²) in [6, 6.07) is 5.78. The third-order valence-corrected chi connectivity index (χ3v) is 7.58. The van der Waals surface area contributed by atoms with Crippen LogP contribution in [0.1, 0.15) is 56.1 Å². The molecule has 1 aliphatic heterocycles. The molecule has 1 aromatic carbocycles. The predicted molar refractivity (Wildman–Crippen MR) is 97.7 cm³/mol. The minimum atomic E-state index is -3.33. The van der Waals surface area contributed by atoms with Crippen LogP contribution in [0.25, 0.3) is 0 Å². The van der Waals surface area contributed by atoms with Crippen LogP contribution >= 0.6 is 0 Å². The highest BCUT2D eigenvalue weighted by atomic mass is 32.2. The molecule has 0 aromatic heterocycles. The molecule has 1 amide bonds. The van der Waals surface area contributed by atoms with Crippen LogP contribution in [0, 0.1) is 5.92 Å². The van der Waals surface area contributed by atoms with Gasteiger partial charge in [-0.05, 0) is 55.4 Å². The molecule has 6 heteroatoms. The lowest BCUT2D eigenvalue weighted by molar-refractivity contribution is -0.133. The first-order chi connectivity index (χ1) is 12.0. The maximum absolute atomic E-state index is 12.6. The Hall–Kier alpha value is -1.56. The molecule has 3 aliphatic rings. The lowest BCUT2D eigenvalue weighted by Crippen LogP contribution is -2.37. The number of hydrogen-bond donors (Lipinski definition) is 1. The van der Waals surface area contributed by atoms with Crippen molar-refractivity contribution in [1.29, 1.82) is 0 Å². The van der Waals surface area contributed by atoms with E-state index in [9.17, 15) is 13.2 Å². The molecule has 0 radical (unpaired) electrons. The first-order valence-electron chi connectivity index (χ1n) is 9.45. The van der Waals surface area contributed by atoms with Crippen LogP contribution in [0.5, 0.6) is 0 Å².